The van der Waals surface area contributed by atoms with Crippen LogP contribution in [0.25, 0.3) is 5.82 Å². The van der Waals surface area contributed by atoms with Gasteiger partial charge in [0.05, 0.1) is 13.2 Å². The summed E-state index contributed by atoms with van der Waals surface area (Å²) in [6.45, 7) is 0. The highest BCUT2D eigenvalue weighted by atomic mass is 16.5. The van der Waals surface area contributed by atoms with E-state index in [9.17, 15) is 4.79 Å². The quantitative estimate of drug-likeness (QED) is 0.743. The van der Waals surface area contributed by atoms with E-state index in [1.807, 2.05) is 24.3 Å². The van der Waals surface area contributed by atoms with Crippen molar-refractivity contribution in [3.05, 3.63) is 72.4 Å². The lowest BCUT2D eigenvalue weighted by Crippen LogP contribution is -2.30. The molecule has 0 saturated heterocycles. The average molecular weight is 348 g/mol. The second kappa shape index (κ2) is 7.00. The van der Waals surface area contributed by atoms with Gasteiger partial charge in [0.15, 0.2) is 0 Å². The number of nitrogens with zero attached hydrogens (tertiary/aromatic N) is 3. The van der Waals surface area contributed by atoms with Crippen LogP contribution < -0.4 is 10.1 Å². The molecule has 1 atom stereocenters. The van der Waals surface area contributed by atoms with Crippen LogP contribution in [-0.4, -0.2) is 27.6 Å². The Labute approximate surface area is 151 Å². The maximum Gasteiger partial charge on any atom is 0.251 e. The van der Waals surface area contributed by atoms with Crippen molar-refractivity contribution in [2.24, 2.45) is 5.92 Å². The highest BCUT2D eigenvalue weighted by Gasteiger charge is 2.33. The molecule has 1 aromatic carbocycles. The molecule has 6 nitrogen and oxygen atoms in total. The molecule has 0 radical (unpaired) electrons. The Kier molecular flexibility index (Phi) is 4.39. The molecule has 132 valence electrons. The summed E-state index contributed by atoms with van der Waals surface area (Å²) in [4.78, 5) is 21.1. The van der Waals surface area contributed by atoms with Crippen LogP contribution in [-0.2, 0) is 0 Å². The number of hydrogen-bond donors (Lipinski definition) is 1. The predicted octanol–water partition coefficient (Wildman–Crippen LogP) is 3.16. The molecule has 0 spiro atoms. The molecule has 6 heteroatoms. The maximum absolute atomic E-state index is 12.8. The summed E-state index contributed by atoms with van der Waals surface area (Å²) in [5.41, 5.74) is 1.69. The van der Waals surface area contributed by atoms with E-state index >= 15 is 0 Å². The van der Waals surface area contributed by atoms with Gasteiger partial charge < -0.3 is 10.1 Å². The first kappa shape index (κ1) is 16.3. The number of ether oxygens (including phenoxy) is 1. The minimum atomic E-state index is -0.0958. The average Bonchev–Trinajstić information content (AvgIpc) is 3.38. The predicted molar refractivity (Wildman–Crippen MR) is 97.3 cm³/mol. The highest BCUT2D eigenvalue weighted by molar-refractivity contribution is 5.94. The smallest absolute Gasteiger partial charge is 0.251 e. The molecule has 2 heterocycles. The van der Waals surface area contributed by atoms with Crippen molar-refractivity contribution in [1.82, 2.24) is 19.9 Å². The molecule has 3 aromatic rings. The number of benzene rings is 1. The van der Waals surface area contributed by atoms with Gasteiger partial charge in [0.2, 0.25) is 0 Å². The zero-order valence-electron chi connectivity index (χ0n) is 14.5. The summed E-state index contributed by atoms with van der Waals surface area (Å²) in [5, 5.41) is 3.19. The highest BCUT2D eigenvalue weighted by Crippen LogP contribution is 2.41. The monoisotopic (exact) mass is 348 g/mol. The molecule has 1 amide bonds. The number of imidazole rings is 1. The fourth-order valence-electron chi connectivity index (χ4n) is 3.03. The summed E-state index contributed by atoms with van der Waals surface area (Å²) in [7, 11) is 1.65. The van der Waals surface area contributed by atoms with Gasteiger partial charge in [-0.1, -0.05) is 12.1 Å². The van der Waals surface area contributed by atoms with Gasteiger partial charge in [-0.15, -0.1) is 0 Å². The van der Waals surface area contributed by atoms with Crippen molar-refractivity contribution in [3.8, 4) is 11.6 Å². The summed E-state index contributed by atoms with van der Waals surface area (Å²) >= 11 is 0. The number of hydrogen-bond acceptors (Lipinski definition) is 4. The Morgan fingerprint density at radius 3 is 2.69 bits per heavy atom. The topological polar surface area (TPSA) is 69.0 Å². The van der Waals surface area contributed by atoms with Crippen molar-refractivity contribution in [2.45, 2.75) is 18.9 Å². The van der Waals surface area contributed by atoms with E-state index in [0.717, 1.165) is 24.2 Å². The van der Waals surface area contributed by atoms with Gasteiger partial charge in [0, 0.05) is 24.2 Å². The van der Waals surface area contributed by atoms with Crippen LogP contribution in [0.4, 0.5) is 0 Å². The van der Waals surface area contributed by atoms with E-state index in [2.05, 4.69) is 15.3 Å². The minimum absolute atomic E-state index is 0.0123. The van der Waals surface area contributed by atoms with Crippen LogP contribution in [0.5, 0.6) is 5.75 Å². The maximum atomic E-state index is 12.8. The largest absolute Gasteiger partial charge is 0.497 e. The number of pyridine rings is 1. The van der Waals surface area contributed by atoms with E-state index < -0.39 is 0 Å². The van der Waals surface area contributed by atoms with Crippen LogP contribution >= 0.6 is 0 Å². The zero-order valence-corrected chi connectivity index (χ0v) is 14.5. The zero-order chi connectivity index (χ0) is 17.9. The van der Waals surface area contributed by atoms with Crippen LogP contribution in [0.3, 0.4) is 0 Å². The third-order valence-corrected chi connectivity index (χ3v) is 4.63. The SMILES string of the molecule is COc1ccc([C@H](NC(=O)c2ccnc(-n3ccnc3)c2)C2CC2)cc1. The molecule has 4 rings (SSSR count). The van der Waals surface area contributed by atoms with Crippen molar-refractivity contribution < 1.29 is 9.53 Å². The third kappa shape index (κ3) is 3.44. The van der Waals surface area contributed by atoms with Crippen molar-refractivity contribution >= 4 is 5.91 Å². The molecule has 1 aliphatic carbocycles. The van der Waals surface area contributed by atoms with Gasteiger partial charge >= 0.3 is 0 Å². The van der Waals surface area contributed by atoms with Gasteiger partial charge in [-0.3, -0.25) is 9.36 Å². The van der Waals surface area contributed by atoms with Crippen molar-refractivity contribution in [1.29, 1.82) is 0 Å². The Hall–Kier alpha value is -3.15. The van der Waals surface area contributed by atoms with E-state index in [-0.39, 0.29) is 11.9 Å². The van der Waals surface area contributed by atoms with Gasteiger partial charge in [0.1, 0.15) is 17.9 Å². The first-order chi connectivity index (χ1) is 12.7. The first-order valence-electron chi connectivity index (χ1n) is 8.64. The Morgan fingerprint density at radius 1 is 1.23 bits per heavy atom. The number of nitrogens with one attached hydrogen (secondary N) is 1. The first-order valence-corrected chi connectivity index (χ1v) is 8.64. The molecule has 0 aliphatic heterocycles. The van der Waals surface area contributed by atoms with Crippen LogP contribution in [0.1, 0.15) is 34.8 Å². The Bertz CT molecular complexity index is 886. The standard InChI is InChI=1S/C20H20N4O2/c1-26-17-6-4-15(5-7-17)19(14-2-3-14)23-20(25)16-8-9-22-18(12-16)24-11-10-21-13-24/h4-14,19H,2-3H2,1H3,(H,23,25)/t19-/m1/s1. The Morgan fingerprint density at radius 2 is 2.04 bits per heavy atom. The number of carbonyl (C=O) groups excluding carboxylic acids is 1. The second-order valence-corrected chi connectivity index (χ2v) is 6.43. The van der Waals surface area contributed by atoms with Crippen molar-refractivity contribution in [2.75, 3.05) is 7.11 Å². The number of rotatable bonds is 6. The van der Waals surface area contributed by atoms with Crippen LogP contribution in [0.2, 0.25) is 0 Å². The summed E-state index contributed by atoms with van der Waals surface area (Å²) in [6, 6.07) is 11.4. The van der Waals surface area contributed by atoms with E-state index in [4.69, 9.17) is 4.74 Å². The third-order valence-electron chi connectivity index (χ3n) is 4.63. The lowest BCUT2D eigenvalue weighted by Gasteiger charge is -2.19. The lowest BCUT2D eigenvalue weighted by molar-refractivity contribution is 0.0931. The fourth-order valence-corrected chi connectivity index (χ4v) is 3.03. The molecule has 0 unspecified atom stereocenters. The molecule has 1 saturated carbocycles. The van der Waals surface area contributed by atoms with Crippen LogP contribution in [0, 0.1) is 5.92 Å². The Balaban J connectivity index is 1.54. The number of carbonyl (C=O) groups is 1. The molecular weight excluding hydrogens is 328 g/mol. The van der Waals surface area contributed by atoms with E-state index in [1.54, 1.807) is 48.7 Å². The molecule has 1 fully saturated rings. The molecule has 1 aliphatic rings. The summed E-state index contributed by atoms with van der Waals surface area (Å²) in [5.74, 6) is 1.88. The number of amides is 1. The number of methoxy groups -OCH3 is 1. The van der Waals surface area contributed by atoms with Gasteiger partial charge in [-0.05, 0) is 48.6 Å². The van der Waals surface area contributed by atoms with Gasteiger partial charge in [-0.2, -0.15) is 0 Å². The second-order valence-electron chi connectivity index (χ2n) is 6.43. The fraction of sp³-hybridized carbons (Fsp3) is 0.250. The molecule has 26 heavy (non-hydrogen) atoms. The lowest BCUT2D eigenvalue weighted by atomic mass is 10.0. The molecule has 2 aromatic heterocycles. The van der Waals surface area contributed by atoms with Crippen molar-refractivity contribution in [3.63, 3.8) is 0 Å². The molecular formula is C20H20N4O2. The van der Waals surface area contributed by atoms with Gasteiger partial charge in [0.25, 0.3) is 5.91 Å². The summed E-state index contributed by atoms with van der Waals surface area (Å²) < 4.78 is 7.00. The number of aromatic nitrogens is 3. The molecule has 0 bridgehead atoms. The van der Waals surface area contributed by atoms with E-state index in [1.165, 1.54) is 0 Å². The van der Waals surface area contributed by atoms with E-state index in [0.29, 0.717) is 17.3 Å². The van der Waals surface area contributed by atoms with Crippen LogP contribution in [0.15, 0.2) is 61.3 Å². The van der Waals surface area contributed by atoms with Gasteiger partial charge in [-0.25, -0.2) is 9.97 Å². The minimum Gasteiger partial charge on any atom is -0.497 e. The summed E-state index contributed by atoms with van der Waals surface area (Å²) in [6.07, 6.45) is 9.05. The normalized spacial score (nSPS) is 14.7. The molecule has 1 N–H and O–H groups in total.